The Morgan fingerprint density at radius 1 is 0.848 bits per heavy atom. The van der Waals surface area contributed by atoms with Gasteiger partial charge < -0.3 is 15.6 Å². The van der Waals surface area contributed by atoms with E-state index >= 15 is 0 Å². The molecule has 1 aliphatic carbocycles. The molecule has 1 fully saturated rings. The average molecular weight is 439 g/mol. The third-order valence-corrected chi connectivity index (χ3v) is 6.22. The molecule has 4 aromatic rings. The van der Waals surface area contributed by atoms with Crippen molar-refractivity contribution in [3.8, 4) is 11.3 Å². The summed E-state index contributed by atoms with van der Waals surface area (Å²) in [6.45, 7) is 0. The minimum atomic E-state index is -0.243. The number of carbonyl (C=O) groups is 2. The number of fused-ring (bicyclic) bond motifs is 1. The summed E-state index contributed by atoms with van der Waals surface area (Å²) in [6.07, 6.45) is 7.10. The lowest BCUT2D eigenvalue weighted by atomic mass is 9.88. The fraction of sp³-hybridized carbons (Fsp3) is 0.222. The molecule has 0 atom stereocenters. The van der Waals surface area contributed by atoms with Gasteiger partial charge in [-0.15, -0.1) is 0 Å². The predicted molar refractivity (Wildman–Crippen MR) is 131 cm³/mol. The molecular formula is C27H26N4O2. The van der Waals surface area contributed by atoms with Crippen molar-refractivity contribution in [2.45, 2.75) is 32.1 Å². The smallest absolute Gasteiger partial charge is 0.274 e. The Morgan fingerprint density at radius 3 is 2.39 bits per heavy atom. The zero-order valence-electron chi connectivity index (χ0n) is 18.3. The van der Waals surface area contributed by atoms with E-state index in [9.17, 15) is 9.59 Å². The molecule has 2 amide bonds. The number of anilines is 2. The van der Waals surface area contributed by atoms with Crippen molar-refractivity contribution < 1.29 is 9.59 Å². The molecule has 0 saturated heterocycles. The van der Waals surface area contributed by atoms with Gasteiger partial charge in [0.05, 0.1) is 0 Å². The first-order valence-corrected chi connectivity index (χ1v) is 11.4. The first-order valence-electron chi connectivity index (χ1n) is 11.4. The molecule has 2 aromatic carbocycles. The number of aromatic nitrogens is 2. The van der Waals surface area contributed by atoms with Crippen LogP contribution >= 0.6 is 0 Å². The van der Waals surface area contributed by atoms with E-state index in [1.54, 1.807) is 24.4 Å². The fourth-order valence-corrected chi connectivity index (χ4v) is 4.39. The van der Waals surface area contributed by atoms with Crippen molar-refractivity contribution in [3.05, 3.63) is 78.6 Å². The van der Waals surface area contributed by atoms with Crippen LogP contribution in [0.3, 0.4) is 0 Å². The van der Waals surface area contributed by atoms with Crippen molar-refractivity contribution in [2.75, 3.05) is 10.6 Å². The van der Waals surface area contributed by atoms with E-state index < -0.39 is 0 Å². The second-order valence-corrected chi connectivity index (χ2v) is 8.56. The van der Waals surface area contributed by atoms with Gasteiger partial charge >= 0.3 is 0 Å². The molecule has 5 rings (SSSR count). The number of rotatable bonds is 5. The molecule has 2 heterocycles. The van der Waals surface area contributed by atoms with Gasteiger partial charge in [-0.3, -0.25) is 14.6 Å². The molecule has 6 nitrogen and oxygen atoms in total. The molecule has 166 valence electrons. The molecular weight excluding hydrogens is 412 g/mol. The van der Waals surface area contributed by atoms with E-state index in [1.807, 2.05) is 42.5 Å². The molecule has 1 aliphatic rings. The number of amides is 2. The summed E-state index contributed by atoms with van der Waals surface area (Å²) in [6, 6.07) is 21.0. The van der Waals surface area contributed by atoms with Crippen molar-refractivity contribution in [1.82, 2.24) is 9.97 Å². The Balaban J connectivity index is 1.28. The van der Waals surface area contributed by atoms with Crippen LogP contribution in [0.2, 0.25) is 0 Å². The molecule has 0 radical (unpaired) electrons. The Morgan fingerprint density at radius 2 is 1.64 bits per heavy atom. The standard InChI is InChI=1S/C27H26N4O2/c32-26(19-6-2-1-3-7-19)29-21-12-9-18(10-13-21)24-16-20-11-14-22(17-25(20)31-24)30-27(33)23-8-4-5-15-28-23/h4-5,8-17,19,31H,1-3,6-7H2,(H,29,32)(H,30,33). The van der Waals surface area contributed by atoms with Crippen LogP contribution in [0.1, 0.15) is 42.6 Å². The van der Waals surface area contributed by atoms with Crippen LogP contribution in [-0.2, 0) is 4.79 Å². The van der Waals surface area contributed by atoms with Crippen LogP contribution < -0.4 is 10.6 Å². The quantitative estimate of drug-likeness (QED) is 0.357. The van der Waals surface area contributed by atoms with Gasteiger partial charge in [-0.25, -0.2) is 0 Å². The minimum absolute atomic E-state index is 0.133. The zero-order valence-corrected chi connectivity index (χ0v) is 18.3. The average Bonchev–Trinajstić information content (AvgIpc) is 3.29. The number of nitrogens with one attached hydrogen (secondary N) is 3. The van der Waals surface area contributed by atoms with Gasteiger partial charge in [-0.05, 0) is 60.9 Å². The lowest BCUT2D eigenvalue weighted by molar-refractivity contribution is -0.120. The fourth-order valence-electron chi connectivity index (χ4n) is 4.39. The summed E-state index contributed by atoms with van der Waals surface area (Å²) >= 11 is 0. The van der Waals surface area contributed by atoms with E-state index in [0.717, 1.165) is 53.5 Å². The van der Waals surface area contributed by atoms with Gasteiger partial charge in [-0.2, -0.15) is 0 Å². The largest absolute Gasteiger partial charge is 0.354 e. The highest BCUT2D eigenvalue weighted by atomic mass is 16.2. The highest BCUT2D eigenvalue weighted by molar-refractivity contribution is 6.04. The monoisotopic (exact) mass is 438 g/mol. The third kappa shape index (κ3) is 4.80. The Hall–Kier alpha value is -3.93. The number of aromatic amines is 1. The van der Waals surface area contributed by atoms with Gasteiger partial charge in [0, 0.05) is 40.1 Å². The topological polar surface area (TPSA) is 86.9 Å². The number of benzene rings is 2. The maximum atomic E-state index is 12.5. The highest BCUT2D eigenvalue weighted by Gasteiger charge is 2.21. The second-order valence-electron chi connectivity index (χ2n) is 8.56. The Bertz CT molecular complexity index is 1270. The molecule has 3 N–H and O–H groups in total. The minimum Gasteiger partial charge on any atom is -0.354 e. The molecule has 0 unspecified atom stereocenters. The van der Waals surface area contributed by atoms with Crippen LogP contribution in [0, 0.1) is 5.92 Å². The highest BCUT2D eigenvalue weighted by Crippen LogP contribution is 2.28. The van der Waals surface area contributed by atoms with Crippen LogP contribution in [0.25, 0.3) is 22.2 Å². The Labute approximate surface area is 192 Å². The predicted octanol–water partition coefficient (Wildman–Crippen LogP) is 6.00. The van der Waals surface area contributed by atoms with Crippen LogP contribution in [-0.4, -0.2) is 21.8 Å². The maximum absolute atomic E-state index is 12.5. The van der Waals surface area contributed by atoms with Gasteiger partial charge in [0.15, 0.2) is 0 Å². The Kier molecular flexibility index (Phi) is 5.89. The summed E-state index contributed by atoms with van der Waals surface area (Å²) in [7, 11) is 0. The molecule has 0 spiro atoms. The second kappa shape index (κ2) is 9.28. The summed E-state index contributed by atoms with van der Waals surface area (Å²) in [4.78, 5) is 32.4. The van der Waals surface area contributed by atoms with Crippen molar-refractivity contribution in [2.24, 2.45) is 5.92 Å². The molecule has 33 heavy (non-hydrogen) atoms. The third-order valence-electron chi connectivity index (χ3n) is 6.22. The normalized spacial score (nSPS) is 14.2. The summed E-state index contributed by atoms with van der Waals surface area (Å²) < 4.78 is 0. The van der Waals surface area contributed by atoms with Gasteiger partial charge in [-0.1, -0.05) is 43.5 Å². The molecule has 0 aliphatic heterocycles. The van der Waals surface area contributed by atoms with Crippen molar-refractivity contribution in [3.63, 3.8) is 0 Å². The number of nitrogens with zero attached hydrogens (tertiary/aromatic N) is 1. The lowest BCUT2D eigenvalue weighted by Crippen LogP contribution is -2.24. The van der Waals surface area contributed by atoms with E-state index in [-0.39, 0.29) is 17.7 Å². The number of hydrogen-bond acceptors (Lipinski definition) is 3. The van der Waals surface area contributed by atoms with E-state index in [2.05, 4.69) is 26.7 Å². The number of hydrogen-bond donors (Lipinski definition) is 3. The number of H-pyrrole nitrogens is 1. The number of carbonyl (C=O) groups excluding carboxylic acids is 2. The van der Waals surface area contributed by atoms with Crippen molar-refractivity contribution >= 4 is 34.1 Å². The SMILES string of the molecule is O=C(Nc1ccc2cc(-c3ccc(NC(=O)C4CCCCC4)cc3)[nH]c2c1)c1ccccn1. The lowest BCUT2D eigenvalue weighted by Gasteiger charge is -2.20. The summed E-state index contributed by atoms with van der Waals surface area (Å²) in [5.41, 5.74) is 4.83. The zero-order chi connectivity index (χ0) is 22.6. The molecule has 2 aromatic heterocycles. The first kappa shape index (κ1) is 20.9. The summed E-state index contributed by atoms with van der Waals surface area (Å²) in [5, 5.41) is 7.00. The molecule has 6 heteroatoms. The molecule has 1 saturated carbocycles. The van der Waals surface area contributed by atoms with Gasteiger partial charge in [0.2, 0.25) is 5.91 Å². The van der Waals surface area contributed by atoms with Gasteiger partial charge in [0.25, 0.3) is 5.91 Å². The van der Waals surface area contributed by atoms with E-state index in [1.165, 1.54) is 6.42 Å². The first-order chi connectivity index (χ1) is 16.2. The molecule has 0 bridgehead atoms. The van der Waals surface area contributed by atoms with Crippen molar-refractivity contribution in [1.29, 1.82) is 0 Å². The van der Waals surface area contributed by atoms with Crippen LogP contribution in [0.5, 0.6) is 0 Å². The van der Waals surface area contributed by atoms with Gasteiger partial charge in [0.1, 0.15) is 5.69 Å². The number of pyridine rings is 1. The van der Waals surface area contributed by atoms with Crippen LogP contribution in [0.15, 0.2) is 72.9 Å². The van der Waals surface area contributed by atoms with E-state index in [4.69, 9.17) is 0 Å². The maximum Gasteiger partial charge on any atom is 0.274 e. The van der Waals surface area contributed by atoms with Crippen LogP contribution in [0.4, 0.5) is 11.4 Å². The summed E-state index contributed by atoms with van der Waals surface area (Å²) in [5.74, 6) is 0.0282. The van der Waals surface area contributed by atoms with E-state index in [0.29, 0.717) is 11.4 Å².